The molecule has 1 aromatic rings. The van der Waals surface area contributed by atoms with Crippen molar-refractivity contribution < 1.29 is 9.13 Å². The molecule has 0 saturated heterocycles. The van der Waals surface area contributed by atoms with E-state index in [4.69, 9.17) is 4.74 Å². The Morgan fingerprint density at radius 2 is 2.32 bits per heavy atom. The maximum absolute atomic E-state index is 13.2. The first kappa shape index (κ1) is 14.5. The molecular weight excluding hydrogens is 309 g/mol. The number of nitrogens with one attached hydrogen (secondary N) is 1. The van der Waals surface area contributed by atoms with Crippen molar-refractivity contribution in [3.05, 3.63) is 45.9 Å². The fourth-order valence-corrected chi connectivity index (χ4v) is 2.84. The average Bonchev–Trinajstić information content (AvgIpc) is 2.42. The largest absolute Gasteiger partial charge is 0.501 e. The molecule has 0 fully saturated rings. The standard InChI is InChI=1S/C15H19BrFNO/c1-2-7-18-15(11-4-3-8-19-10-11)13-6-5-12(17)9-14(13)16/h5-6,9-10,15,18H,2-4,7-8H2,1H3. The molecule has 4 heteroatoms. The first-order valence-corrected chi connectivity index (χ1v) is 7.50. The molecule has 1 atom stereocenters. The Morgan fingerprint density at radius 3 is 2.95 bits per heavy atom. The third-order valence-electron chi connectivity index (χ3n) is 3.21. The Balaban J connectivity index is 2.27. The van der Waals surface area contributed by atoms with Crippen LogP contribution in [0.2, 0.25) is 0 Å². The van der Waals surface area contributed by atoms with Crippen molar-refractivity contribution in [2.45, 2.75) is 32.2 Å². The highest BCUT2D eigenvalue weighted by Crippen LogP contribution is 2.32. The molecule has 0 aliphatic carbocycles. The van der Waals surface area contributed by atoms with Crippen molar-refractivity contribution in [2.24, 2.45) is 0 Å². The zero-order valence-electron chi connectivity index (χ0n) is 11.1. The molecule has 0 saturated carbocycles. The van der Waals surface area contributed by atoms with Gasteiger partial charge < -0.3 is 10.1 Å². The van der Waals surface area contributed by atoms with Crippen LogP contribution in [-0.4, -0.2) is 13.2 Å². The van der Waals surface area contributed by atoms with Gasteiger partial charge >= 0.3 is 0 Å². The van der Waals surface area contributed by atoms with Crippen LogP contribution < -0.4 is 5.32 Å². The van der Waals surface area contributed by atoms with Gasteiger partial charge in [0, 0.05) is 4.47 Å². The Hall–Kier alpha value is -0.870. The maximum Gasteiger partial charge on any atom is 0.124 e. The summed E-state index contributed by atoms with van der Waals surface area (Å²) >= 11 is 3.46. The minimum absolute atomic E-state index is 0.0928. The number of hydrogen-bond acceptors (Lipinski definition) is 2. The van der Waals surface area contributed by atoms with Crippen molar-refractivity contribution in [3.63, 3.8) is 0 Å². The summed E-state index contributed by atoms with van der Waals surface area (Å²) in [6, 6.07) is 4.95. The summed E-state index contributed by atoms with van der Waals surface area (Å²) < 4.78 is 19.5. The lowest BCUT2D eigenvalue weighted by molar-refractivity contribution is 0.219. The Kier molecular flexibility index (Phi) is 5.40. The van der Waals surface area contributed by atoms with Crippen LogP contribution in [0, 0.1) is 5.82 Å². The molecule has 1 aliphatic heterocycles. The summed E-state index contributed by atoms with van der Waals surface area (Å²) in [6.07, 6.45) is 4.97. The van der Waals surface area contributed by atoms with Crippen LogP contribution in [0.15, 0.2) is 34.5 Å². The van der Waals surface area contributed by atoms with Gasteiger partial charge in [-0.05, 0) is 49.1 Å². The number of rotatable bonds is 5. The SMILES string of the molecule is CCCNC(C1=COCCC1)c1ccc(F)cc1Br. The van der Waals surface area contributed by atoms with Crippen LogP contribution in [-0.2, 0) is 4.74 Å². The Labute approximate surface area is 122 Å². The van der Waals surface area contributed by atoms with E-state index in [1.54, 1.807) is 0 Å². The highest BCUT2D eigenvalue weighted by atomic mass is 79.9. The highest BCUT2D eigenvalue weighted by Gasteiger charge is 2.20. The summed E-state index contributed by atoms with van der Waals surface area (Å²) in [5.74, 6) is -0.223. The Morgan fingerprint density at radius 1 is 1.47 bits per heavy atom. The van der Waals surface area contributed by atoms with Gasteiger partial charge in [0.2, 0.25) is 0 Å². The number of hydrogen-bond donors (Lipinski definition) is 1. The topological polar surface area (TPSA) is 21.3 Å². The molecule has 2 nitrogen and oxygen atoms in total. The lowest BCUT2D eigenvalue weighted by atomic mass is 9.95. The molecule has 19 heavy (non-hydrogen) atoms. The van der Waals surface area contributed by atoms with E-state index in [9.17, 15) is 4.39 Å². The molecule has 0 spiro atoms. The van der Waals surface area contributed by atoms with E-state index in [0.29, 0.717) is 0 Å². The van der Waals surface area contributed by atoms with Crippen molar-refractivity contribution in [3.8, 4) is 0 Å². The molecule has 1 heterocycles. The van der Waals surface area contributed by atoms with E-state index >= 15 is 0 Å². The van der Waals surface area contributed by atoms with Crippen molar-refractivity contribution in [2.75, 3.05) is 13.2 Å². The van der Waals surface area contributed by atoms with Gasteiger partial charge in [0.15, 0.2) is 0 Å². The zero-order chi connectivity index (χ0) is 13.7. The molecule has 104 valence electrons. The van der Waals surface area contributed by atoms with Crippen molar-refractivity contribution in [1.29, 1.82) is 0 Å². The third-order valence-corrected chi connectivity index (χ3v) is 3.89. The van der Waals surface area contributed by atoms with Gasteiger partial charge in [0.25, 0.3) is 0 Å². The minimum atomic E-state index is -0.223. The van der Waals surface area contributed by atoms with E-state index in [0.717, 1.165) is 42.5 Å². The van der Waals surface area contributed by atoms with Gasteiger partial charge in [-0.3, -0.25) is 0 Å². The summed E-state index contributed by atoms with van der Waals surface area (Å²) in [4.78, 5) is 0. The highest BCUT2D eigenvalue weighted by molar-refractivity contribution is 9.10. The van der Waals surface area contributed by atoms with Crippen molar-refractivity contribution >= 4 is 15.9 Å². The quantitative estimate of drug-likeness (QED) is 0.869. The molecule has 0 amide bonds. The molecule has 1 aliphatic rings. The van der Waals surface area contributed by atoms with E-state index in [-0.39, 0.29) is 11.9 Å². The second-order valence-corrected chi connectivity index (χ2v) is 5.57. The lowest BCUT2D eigenvalue weighted by Crippen LogP contribution is -2.25. The fraction of sp³-hybridized carbons (Fsp3) is 0.467. The molecule has 2 rings (SSSR count). The lowest BCUT2D eigenvalue weighted by Gasteiger charge is -2.25. The van der Waals surface area contributed by atoms with Gasteiger partial charge in [0.05, 0.1) is 18.9 Å². The molecule has 0 bridgehead atoms. The second kappa shape index (κ2) is 7.06. The molecule has 1 aromatic carbocycles. The number of ether oxygens (including phenoxy) is 1. The third kappa shape index (κ3) is 3.80. The zero-order valence-corrected chi connectivity index (χ0v) is 12.7. The van der Waals surface area contributed by atoms with Crippen LogP contribution in [0.25, 0.3) is 0 Å². The molecule has 0 radical (unpaired) electrons. The van der Waals surface area contributed by atoms with Gasteiger partial charge in [-0.2, -0.15) is 0 Å². The molecular formula is C15H19BrFNO. The van der Waals surface area contributed by atoms with E-state index < -0.39 is 0 Å². The number of benzene rings is 1. The Bertz CT molecular complexity index is 461. The second-order valence-electron chi connectivity index (χ2n) is 4.72. The average molecular weight is 328 g/mol. The van der Waals surface area contributed by atoms with Gasteiger partial charge in [-0.25, -0.2) is 4.39 Å². The minimum Gasteiger partial charge on any atom is -0.501 e. The molecule has 1 N–H and O–H groups in total. The normalized spacial score (nSPS) is 16.7. The fourth-order valence-electron chi connectivity index (χ4n) is 2.26. The van der Waals surface area contributed by atoms with Crippen LogP contribution in [0.1, 0.15) is 37.8 Å². The summed E-state index contributed by atoms with van der Waals surface area (Å²) in [5, 5.41) is 3.51. The predicted molar refractivity (Wildman–Crippen MR) is 78.4 cm³/mol. The summed E-state index contributed by atoms with van der Waals surface area (Å²) in [7, 11) is 0. The van der Waals surface area contributed by atoms with Crippen LogP contribution in [0.5, 0.6) is 0 Å². The van der Waals surface area contributed by atoms with Gasteiger partial charge in [0.1, 0.15) is 5.82 Å². The first-order chi connectivity index (χ1) is 9.22. The van der Waals surface area contributed by atoms with Crippen LogP contribution >= 0.6 is 15.9 Å². The van der Waals surface area contributed by atoms with Crippen molar-refractivity contribution in [1.82, 2.24) is 5.32 Å². The summed E-state index contributed by atoms with van der Waals surface area (Å²) in [6.45, 7) is 3.84. The maximum atomic E-state index is 13.2. The van der Waals surface area contributed by atoms with E-state index in [1.807, 2.05) is 12.3 Å². The van der Waals surface area contributed by atoms with Gasteiger partial charge in [-0.15, -0.1) is 0 Å². The van der Waals surface area contributed by atoms with Gasteiger partial charge in [-0.1, -0.05) is 28.9 Å². The first-order valence-electron chi connectivity index (χ1n) is 6.71. The predicted octanol–water partition coefficient (Wildman–Crippen LogP) is 4.32. The van der Waals surface area contributed by atoms with E-state index in [1.165, 1.54) is 17.7 Å². The summed E-state index contributed by atoms with van der Waals surface area (Å²) in [5.41, 5.74) is 2.29. The molecule has 0 aromatic heterocycles. The smallest absolute Gasteiger partial charge is 0.124 e. The number of halogens is 2. The van der Waals surface area contributed by atoms with Crippen LogP contribution in [0.3, 0.4) is 0 Å². The van der Waals surface area contributed by atoms with Crippen LogP contribution in [0.4, 0.5) is 4.39 Å². The monoisotopic (exact) mass is 327 g/mol. The molecule has 1 unspecified atom stereocenters. The van der Waals surface area contributed by atoms with E-state index in [2.05, 4.69) is 28.2 Å².